The Morgan fingerprint density at radius 2 is 1.79 bits per heavy atom. The molecular weight excluding hydrogens is 447 g/mol. The molecule has 1 amide bonds. The molecule has 0 aliphatic carbocycles. The molecule has 34 heavy (non-hydrogen) atoms. The standard InChI is InChI=1S/C27H33FN4OS/c1-20(2)32(27-29-25(30-34-27)19-22-8-10-24(28)11-9-22)17-14-26(33)31-15-12-23(13-16-31)18-21-6-4-3-5-7-21/h3-11,20,23H,12-19H2,1-2H3. The van der Waals surface area contributed by atoms with Crippen LogP contribution in [-0.2, 0) is 17.6 Å². The van der Waals surface area contributed by atoms with Gasteiger partial charge in [0.2, 0.25) is 11.0 Å². The van der Waals surface area contributed by atoms with E-state index in [0.717, 1.165) is 48.9 Å². The smallest absolute Gasteiger partial charge is 0.224 e. The maximum absolute atomic E-state index is 13.1. The van der Waals surface area contributed by atoms with E-state index < -0.39 is 0 Å². The number of carbonyl (C=O) groups excluding carboxylic acids is 1. The molecule has 0 bridgehead atoms. The van der Waals surface area contributed by atoms with Crippen LogP contribution in [0.1, 0.15) is 50.1 Å². The van der Waals surface area contributed by atoms with E-state index in [0.29, 0.717) is 25.3 Å². The topological polar surface area (TPSA) is 49.3 Å². The summed E-state index contributed by atoms with van der Waals surface area (Å²) in [5.41, 5.74) is 2.36. The monoisotopic (exact) mass is 480 g/mol. The first-order chi connectivity index (χ1) is 16.5. The number of carbonyl (C=O) groups is 1. The Labute approximate surface area is 205 Å². The molecule has 2 heterocycles. The van der Waals surface area contributed by atoms with Crippen LogP contribution in [0.5, 0.6) is 0 Å². The summed E-state index contributed by atoms with van der Waals surface area (Å²) in [7, 11) is 0. The number of hydrogen-bond donors (Lipinski definition) is 0. The lowest BCUT2D eigenvalue weighted by molar-refractivity contribution is -0.132. The van der Waals surface area contributed by atoms with Gasteiger partial charge in [-0.25, -0.2) is 9.37 Å². The van der Waals surface area contributed by atoms with Crippen molar-refractivity contribution in [2.75, 3.05) is 24.5 Å². The van der Waals surface area contributed by atoms with Gasteiger partial charge in [-0.3, -0.25) is 4.79 Å². The van der Waals surface area contributed by atoms with E-state index in [2.05, 4.69) is 53.5 Å². The molecule has 3 aromatic rings. The minimum absolute atomic E-state index is 0.219. The molecule has 0 radical (unpaired) electrons. The van der Waals surface area contributed by atoms with Crippen LogP contribution in [0.3, 0.4) is 0 Å². The van der Waals surface area contributed by atoms with Crippen molar-refractivity contribution in [1.29, 1.82) is 0 Å². The van der Waals surface area contributed by atoms with E-state index in [-0.39, 0.29) is 17.8 Å². The van der Waals surface area contributed by atoms with Gasteiger partial charge in [-0.2, -0.15) is 4.37 Å². The molecule has 0 atom stereocenters. The highest BCUT2D eigenvalue weighted by Crippen LogP contribution is 2.24. The Hall–Kier alpha value is -2.80. The van der Waals surface area contributed by atoms with Gasteiger partial charge >= 0.3 is 0 Å². The molecule has 0 spiro atoms. The zero-order valence-electron chi connectivity index (χ0n) is 20.0. The molecule has 1 fully saturated rings. The van der Waals surface area contributed by atoms with Crippen molar-refractivity contribution in [3.05, 3.63) is 77.4 Å². The fourth-order valence-corrected chi connectivity index (χ4v) is 5.35. The van der Waals surface area contributed by atoms with Gasteiger partial charge in [0.25, 0.3) is 0 Å². The van der Waals surface area contributed by atoms with Crippen LogP contribution < -0.4 is 4.90 Å². The number of hydrogen-bond acceptors (Lipinski definition) is 5. The van der Waals surface area contributed by atoms with E-state index in [1.54, 1.807) is 12.1 Å². The largest absolute Gasteiger partial charge is 0.344 e. The number of halogens is 1. The van der Waals surface area contributed by atoms with Crippen LogP contribution in [-0.4, -0.2) is 45.8 Å². The average Bonchev–Trinajstić information content (AvgIpc) is 3.29. The van der Waals surface area contributed by atoms with E-state index in [1.165, 1.54) is 29.2 Å². The van der Waals surface area contributed by atoms with Crippen molar-refractivity contribution in [3.8, 4) is 0 Å². The number of amides is 1. The summed E-state index contributed by atoms with van der Waals surface area (Å²) in [6, 6.07) is 17.3. The first-order valence-corrected chi connectivity index (χ1v) is 12.9. The summed E-state index contributed by atoms with van der Waals surface area (Å²) in [6.45, 7) is 6.55. The molecule has 2 aromatic carbocycles. The van der Waals surface area contributed by atoms with Crippen molar-refractivity contribution in [2.24, 2.45) is 5.92 Å². The normalized spacial score (nSPS) is 14.5. The predicted molar refractivity (Wildman–Crippen MR) is 136 cm³/mol. The second-order valence-electron chi connectivity index (χ2n) is 9.35. The molecule has 0 N–H and O–H groups in total. The lowest BCUT2D eigenvalue weighted by Crippen LogP contribution is -2.41. The van der Waals surface area contributed by atoms with Crippen LogP contribution in [0.4, 0.5) is 9.52 Å². The number of nitrogens with zero attached hydrogens (tertiary/aromatic N) is 4. The number of benzene rings is 2. The zero-order chi connectivity index (χ0) is 23.9. The van der Waals surface area contributed by atoms with Gasteiger partial charge < -0.3 is 9.80 Å². The van der Waals surface area contributed by atoms with Crippen LogP contribution >= 0.6 is 11.5 Å². The summed E-state index contributed by atoms with van der Waals surface area (Å²) in [5, 5.41) is 0.835. The van der Waals surface area contributed by atoms with Crippen LogP contribution in [0.15, 0.2) is 54.6 Å². The van der Waals surface area contributed by atoms with Gasteiger partial charge in [0.1, 0.15) is 11.6 Å². The lowest BCUT2D eigenvalue weighted by atomic mass is 9.90. The number of rotatable bonds is 9. The van der Waals surface area contributed by atoms with Crippen molar-refractivity contribution >= 4 is 22.6 Å². The number of aromatic nitrogens is 2. The average molecular weight is 481 g/mol. The Kier molecular flexibility index (Phi) is 8.27. The van der Waals surface area contributed by atoms with Gasteiger partial charge in [0.05, 0.1) is 0 Å². The van der Waals surface area contributed by atoms with Gasteiger partial charge in [-0.05, 0) is 62.3 Å². The van der Waals surface area contributed by atoms with E-state index >= 15 is 0 Å². The first kappa shape index (κ1) is 24.3. The molecule has 0 saturated carbocycles. The maximum Gasteiger partial charge on any atom is 0.224 e. The SMILES string of the molecule is CC(C)N(CCC(=O)N1CCC(Cc2ccccc2)CC1)c1nc(Cc2ccc(F)cc2)ns1. The van der Waals surface area contributed by atoms with Crippen LogP contribution in [0.25, 0.3) is 0 Å². The third kappa shape index (κ3) is 6.63. The second-order valence-corrected chi connectivity index (χ2v) is 10.1. The molecular formula is C27H33FN4OS. The van der Waals surface area contributed by atoms with Crippen LogP contribution in [0, 0.1) is 11.7 Å². The zero-order valence-corrected chi connectivity index (χ0v) is 20.8. The molecule has 4 rings (SSSR count). The van der Waals surface area contributed by atoms with E-state index in [9.17, 15) is 9.18 Å². The van der Waals surface area contributed by atoms with Gasteiger partial charge in [0, 0.05) is 50.1 Å². The Morgan fingerprint density at radius 3 is 2.47 bits per heavy atom. The van der Waals surface area contributed by atoms with E-state index in [1.807, 2.05) is 4.90 Å². The lowest BCUT2D eigenvalue weighted by Gasteiger charge is -2.33. The highest BCUT2D eigenvalue weighted by molar-refractivity contribution is 7.09. The molecule has 0 unspecified atom stereocenters. The third-order valence-electron chi connectivity index (χ3n) is 6.50. The minimum atomic E-state index is -0.244. The highest BCUT2D eigenvalue weighted by Gasteiger charge is 2.24. The summed E-state index contributed by atoms with van der Waals surface area (Å²) >= 11 is 1.36. The highest BCUT2D eigenvalue weighted by atomic mass is 32.1. The van der Waals surface area contributed by atoms with Gasteiger partial charge in [-0.15, -0.1) is 0 Å². The predicted octanol–water partition coefficient (Wildman–Crippen LogP) is 5.35. The van der Waals surface area contributed by atoms with Gasteiger partial charge in [0.15, 0.2) is 0 Å². The maximum atomic E-state index is 13.1. The molecule has 1 saturated heterocycles. The third-order valence-corrected chi connectivity index (χ3v) is 7.29. The fraction of sp³-hybridized carbons (Fsp3) is 0.444. The number of anilines is 1. The van der Waals surface area contributed by atoms with Crippen molar-refractivity contribution < 1.29 is 9.18 Å². The molecule has 180 valence electrons. The Balaban J connectivity index is 1.27. The molecule has 7 heteroatoms. The van der Waals surface area contributed by atoms with Crippen molar-refractivity contribution in [3.63, 3.8) is 0 Å². The summed E-state index contributed by atoms with van der Waals surface area (Å²) < 4.78 is 17.6. The molecule has 1 aromatic heterocycles. The Morgan fingerprint density at radius 1 is 1.09 bits per heavy atom. The summed E-state index contributed by atoms with van der Waals surface area (Å²) in [5.74, 6) is 1.36. The van der Waals surface area contributed by atoms with E-state index in [4.69, 9.17) is 4.98 Å². The quantitative estimate of drug-likeness (QED) is 0.414. The molecule has 1 aliphatic heterocycles. The Bertz CT molecular complexity index is 1050. The number of piperidine rings is 1. The number of likely N-dealkylation sites (tertiary alicyclic amines) is 1. The van der Waals surface area contributed by atoms with Gasteiger partial charge in [-0.1, -0.05) is 42.5 Å². The molecule has 5 nitrogen and oxygen atoms in total. The van der Waals surface area contributed by atoms with Crippen molar-refractivity contribution in [2.45, 2.75) is 52.0 Å². The summed E-state index contributed by atoms with van der Waals surface area (Å²) in [6.07, 6.45) is 4.28. The first-order valence-electron chi connectivity index (χ1n) is 12.1. The van der Waals surface area contributed by atoms with Crippen molar-refractivity contribution in [1.82, 2.24) is 14.3 Å². The molecule has 1 aliphatic rings. The fourth-order valence-electron chi connectivity index (χ4n) is 4.50. The summed E-state index contributed by atoms with van der Waals surface area (Å²) in [4.78, 5) is 21.8. The second kappa shape index (κ2) is 11.6. The van der Waals surface area contributed by atoms with Crippen LogP contribution in [0.2, 0.25) is 0 Å². The minimum Gasteiger partial charge on any atom is -0.344 e.